The summed E-state index contributed by atoms with van der Waals surface area (Å²) in [7, 11) is 3.08. The molecule has 0 aromatic heterocycles. The molecule has 1 saturated heterocycles. The van der Waals surface area contributed by atoms with E-state index in [1.807, 2.05) is 13.8 Å². The summed E-state index contributed by atoms with van der Waals surface area (Å²) in [6.07, 6.45) is 4.84. The van der Waals surface area contributed by atoms with Gasteiger partial charge in [0.15, 0.2) is 0 Å². The molecule has 1 saturated carbocycles. The Hall–Kier alpha value is -3.42. The molecule has 0 spiro atoms. The fourth-order valence-corrected chi connectivity index (χ4v) is 7.21. The van der Waals surface area contributed by atoms with Crippen molar-refractivity contribution in [1.82, 2.24) is 25.3 Å². The maximum absolute atomic E-state index is 14.5. The maximum Gasteiger partial charge on any atom is 0.408 e. The van der Waals surface area contributed by atoms with Gasteiger partial charge in [-0.1, -0.05) is 53.5 Å². The molecule has 0 radical (unpaired) electrons. The molecule has 1 aromatic carbocycles. The lowest BCUT2D eigenvalue weighted by Gasteiger charge is -2.36. The molecule has 288 valence electrons. The number of likely N-dealkylation sites (N-methyl/N-ethyl adjacent to an activating group) is 2. The predicted molar refractivity (Wildman–Crippen MR) is 205 cm³/mol. The summed E-state index contributed by atoms with van der Waals surface area (Å²) in [6, 6.07) is 3.22. The minimum atomic E-state index is -1.31. The number of nitrogens with zero attached hydrogens (tertiary/aromatic N) is 3. The van der Waals surface area contributed by atoms with Gasteiger partial charge in [0.1, 0.15) is 29.8 Å². The fourth-order valence-electron chi connectivity index (χ4n) is 6.61. The van der Waals surface area contributed by atoms with E-state index in [4.69, 9.17) is 21.1 Å². The number of rotatable bonds is 17. The molecule has 14 heteroatoms. The Morgan fingerprint density at radius 1 is 1.17 bits per heavy atom. The largest absolute Gasteiger partial charge is 0.444 e. The molecule has 1 aromatic rings. The number of alkyl carbamates (subject to hydrolysis) is 1. The lowest BCUT2D eigenvalue weighted by Crippen LogP contribution is -2.60. The number of halogens is 2. The van der Waals surface area contributed by atoms with Crippen molar-refractivity contribution in [2.75, 3.05) is 40.4 Å². The highest BCUT2D eigenvalue weighted by atomic mass is 79.9. The van der Waals surface area contributed by atoms with Crippen LogP contribution in [0.25, 0.3) is 0 Å². The molecule has 12 nitrogen and oxygen atoms in total. The number of ether oxygens (including phenoxy) is 2. The van der Waals surface area contributed by atoms with Gasteiger partial charge in [-0.25, -0.2) is 4.79 Å². The lowest BCUT2D eigenvalue weighted by atomic mass is 9.98. The van der Waals surface area contributed by atoms with Crippen molar-refractivity contribution in [1.29, 1.82) is 0 Å². The molecule has 5 amide bonds. The Kier molecular flexibility index (Phi) is 15.3. The summed E-state index contributed by atoms with van der Waals surface area (Å²) in [5, 5.41) is 5.89. The van der Waals surface area contributed by atoms with E-state index in [1.54, 1.807) is 63.1 Å². The smallest absolute Gasteiger partial charge is 0.408 e. The predicted octanol–water partition coefficient (Wildman–Crippen LogP) is 5.12. The quantitative estimate of drug-likeness (QED) is 0.165. The van der Waals surface area contributed by atoms with Crippen LogP contribution in [-0.2, 0) is 35.1 Å². The third-order valence-electron chi connectivity index (χ3n) is 9.46. The van der Waals surface area contributed by atoms with Crippen LogP contribution in [0.15, 0.2) is 48.0 Å². The second-order valence-corrected chi connectivity index (χ2v) is 16.3. The van der Waals surface area contributed by atoms with Gasteiger partial charge in [0.25, 0.3) is 0 Å². The SMILES string of the molecule is C=CCOC[C@H]1CCCN1C(=O)[C@H](Cc1cc(Cl)ccc1Br)N(C)C(=O)C(CC(C)C)NC(=O)C1(N(C)C(=O)CNC(=O)OC(C)(C)C)C[C@@H]1C=C. The number of likely N-dealkylation sites (tertiary alicyclic amines) is 1. The van der Waals surface area contributed by atoms with Crippen LogP contribution in [0.1, 0.15) is 65.9 Å². The van der Waals surface area contributed by atoms with Crippen molar-refractivity contribution < 1.29 is 33.4 Å². The molecule has 1 aliphatic carbocycles. The van der Waals surface area contributed by atoms with Crippen molar-refractivity contribution in [3.8, 4) is 0 Å². The summed E-state index contributed by atoms with van der Waals surface area (Å²) in [6.45, 7) is 17.4. The molecule has 52 heavy (non-hydrogen) atoms. The first-order valence-corrected chi connectivity index (χ1v) is 18.9. The summed E-state index contributed by atoms with van der Waals surface area (Å²) >= 11 is 9.94. The van der Waals surface area contributed by atoms with Crippen LogP contribution < -0.4 is 10.6 Å². The number of nitrogens with one attached hydrogen (secondary N) is 2. The molecule has 1 aliphatic heterocycles. The van der Waals surface area contributed by atoms with E-state index in [9.17, 15) is 24.0 Å². The van der Waals surface area contributed by atoms with Crippen molar-refractivity contribution in [2.45, 2.75) is 96.0 Å². The normalized spacial score (nSPS) is 20.8. The van der Waals surface area contributed by atoms with Gasteiger partial charge in [-0.3, -0.25) is 19.2 Å². The van der Waals surface area contributed by atoms with Crippen LogP contribution in [0, 0.1) is 11.8 Å². The monoisotopic (exact) mass is 807 g/mol. The zero-order valence-corrected chi connectivity index (χ0v) is 33.8. The first kappa shape index (κ1) is 43.0. The lowest BCUT2D eigenvalue weighted by molar-refractivity contribution is -0.148. The highest BCUT2D eigenvalue weighted by Gasteiger charge is 2.63. The van der Waals surface area contributed by atoms with Crippen molar-refractivity contribution >= 4 is 57.3 Å². The zero-order valence-electron chi connectivity index (χ0n) is 31.5. The van der Waals surface area contributed by atoms with Gasteiger partial charge in [-0.2, -0.15) is 0 Å². The summed E-state index contributed by atoms with van der Waals surface area (Å²) in [5.41, 5.74) is -1.31. The second-order valence-electron chi connectivity index (χ2n) is 15.0. The van der Waals surface area contributed by atoms with E-state index in [1.165, 1.54) is 16.8 Å². The number of carbonyl (C=O) groups is 5. The molecule has 3 rings (SSSR count). The third-order valence-corrected chi connectivity index (χ3v) is 10.5. The second kappa shape index (κ2) is 18.6. The summed E-state index contributed by atoms with van der Waals surface area (Å²) < 4.78 is 11.7. The Morgan fingerprint density at radius 3 is 2.46 bits per heavy atom. The zero-order chi connectivity index (χ0) is 39.0. The highest BCUT2D eigenvalue weighted by molar-refractivity contribution is 9.10. The van der Waals surface area contributed by atoms with E-state index in [0.717, 1.165) is 22.9 Å². The number of benzene rings is 1. The molecule has 2 aliphatic rings. The van der Waals surface area contributed by atoms with Gasteiger partial charge >= 0.3 is 6.09 Å². The van der Waals surface area contributed by atoms with Crippen LogP contribution in [-0.4, -0.2) is 114 Å². The molecule has 2 fully saturated rings. The van der Waals surface area contributed by atoms with Crippen LogP contribution in [0.3, 0.4) is 0 Å². The molecular formula is C38H55BrClN5O7. The number of hydrogen-bond donors (Lipinski definition) is 2. The van der Waals surface area contributed by atoms with E-state index < -0.39 is 47.0 Å². The van der Waals surface area contributed by atoms with Crippen LogP contribution in [0.4, 0.5) is 4.79 Å². The Balaban J connectivity index is 1.89. The Bertz CT molecular complexity index is 1500. The van der Waals surface area contributed by atoms with Gasteiger partial charge in [-0.05, 0) is 76.1 Å². The fraction of sp³-hybridized carbons (Fsp3) is 0.605. The first-order valence-electron chi connectivity index (χ1n) is 17.7. The minimum absolute atomic E-state index is 0.00779. The molecule has 5 atom stereocenters. The number of carbonyl (C=O) groups excluding carboxylic acids is 5. The molecule has 2 unspecified atom stereocenters. The van der Waals surface area contributed by atoms with Gasteiger partial charge in [0, 0.05) is 42.5 Å². The van der Waals surface area contributed by atoms with Crippen LogP contribution >= 0.6 is 27.5 Å². The summed E-state index contributed by atoms with van der Waals surface area (Å²) in [5.74, 6) is -2.08. The van der Waals surface area contributed by atoms with Crippen molar-refractivity contribution in [3.63, 3.8) is 0 Å². The van der Waals surface area contributed by atoms with Gasteiger partial charge < -0.3 is 34.8 Å². The topological polar surface area (TPSA) is 138 Å². The standard InChI is InChI=1S/C38H55BrClN5O7/c1-10-17-51-23-28-13-12-16-45(28)34(48)31(20-25-19-27(40)14-15-29(25)39)43(8)33(47)30(18-24(3)4)42-35(49)38(21-26(38)11-2)44(9)32(46)22-41-36(50)52-37(5,6)7/h10-11,14-15,19,24,26,28,30-31H,1-2,12-13,16-18,20-23H2,3-9H3,(H,41,50)(H,42,49)/t26-,28+,30?,31-,38?/m0/s1. The number of amides is 5. The molecule has 0 bridgehead atoms. The summed E-state index contributed by atoms with van der Waals surface area (Å²) in [4.78, 5) is 73.1. The highest BCUT2D eigenvalue weighted by Crippen LogP contribution is 2.49. The molecule has 2 N–H and O–H groups in total. The van der Waals surface area contributed by atoms with Gasteiger partial charge in [-0.15, -0.1) is 13.2 Å². The first-order chi connectivity index (χ1) is 24.4. The van der Waals surface area contributed by atoms with Crippen molar-refractivity contribution in [2.24, 2.45) is 11.8 Å². The maximum atomic E-state index is 14.5. The van der Waals surface area contributed by atoms with Crippen LogP contribution in [0.5, 0.6) is 0 Å². The van der Waals surface area contributed by atoms with Gasteiger partial charge in [0.2, 0.25) is 23.6 Å². The molecular weight excluding hydrogens is 754 g/mol. The van der Waals surface area contributed by atoms with Crippen LogP contribution in [0.2, 0.25) is 5.02 Å². The van der Waals surface area contributed by atoms with E-state index in [0.29, 0.717) is 31.2 Å². The Labute approximate surface area is 321 Å². The average Bonchev–Trinajstić information content (AvgIpc) is 3.65. The van der Waals surface area contributed by atoms with Gasteiger partial charge in [0.05, 0.1) is 19.3 Å². The average molecular weight is 809 g/mol. The minimum Gasteiger partial charge on any atom is -0.444 e. The molecule has 1 heterocycles. The van der Waals surface area contributed by atoms with Crippen molar-refractivity contribution in [3.05, 3.63) is 58.6 Å². The van der Waals surface area contributed by atoms with E-state index in [2.05, 4.69) is 39.7 Å². The van der Waals surface area contributed by atoms with E-state index in [-0.39, 0.29) is 43.2 Å². The Morgan fingerprint density at radius 2 is 1.87 bits per heavy atom. The third kappa shape index (κ3) is 11.1. The number of hydrogen-bond acceptors (Lipinski definition) is 7. The van der Waals surface area contributed by atoms with E-state index >= 15 is 0 Å².